The number of rotatable bonds is 4. The summed E-state index contributed by atoms with van der Waals surface area (Å²) in [6.45, 7) is 0. The molecule has 0 spiro atoms. The molecule has 2 rings (SSSR count). The molecule has 0 heterocycles. The minimum absolute atomic E-state index is 0.145. The van der Waals surface area contributed by atoms with Gasteiger partial charge in [-0.05, 0) is 24.3 Å². The van der Waals surface area contributed by atoms with E-state index in [0.717, 1.165) is 5.41 Å². The molecule has 2 aromatic rings. The Morgan fingerprint density at radius 2 is 1.65 bits per heavy atom. The molecule has 0 radical (unpaired) electrons. The summed E-state index contributed by atoms with van der Waals surface area (Å²) in [5, 5.41) is 1.06. The van der Waals surface area contributed by atoms with Crippen molar-refractivity contribution in [2.75, 3.05) is 7.11 Å². The van der Waals surface area contributed by atoms with Crippen molar-refractivity contribution in [1.82, 2.24) is 0 Å². The molecular formula is C15H15NO3S. The van der Waals surface area contributed by atoms with Crippen LogP contribution in [0.15, 0.2) is 64.9 Å². The predicted octanol–water partition coefficient (Wildman–Crippen LogP) is 2.43. The molecule has 0 aliphatic rings. The first-order chi connectivity index (χ1) is 9.54. The highest BCUT2D eigenvalue weighted by molar-refractivity contribution is 7.94. The SMILES string of the molecule is COc1ccccc1/C(N)=C/S(=O)(=O)c1ccccc1. The largest absolute Gasteiger partial charge is 0.496 e. The second kappa shape index (κ2) is 5.79. The lowest BCUT2D eigenvalue weighted by atomic mass is 10.1. The van der Waals surface area contributed by atoms with Gasteiger partial charge in [0.15, 0.2) is 0 Å². The van der Waals surface area contributed by atoms with Crippen LogP contribution in [0, 0.1) is 0 Å². The van der Waals surface area contributed by atoms with E-state index >= 15 is 0 Å². The van der Waals surface area contributed by atoms with E-state index in [-0.39, 0.29) is 10.6 Å². The van der Waals surface area contributed by atoms with Crippen molar-refractivity contribution in [2.45, 2.75) is 4.90 Å². The Hall–Kier alpha value is -2.27. The molecule has 0 unspecified atom stereocenters. The molecule has 0 atom stereocenters. The van der Waals surface area contributed by atoms with Crippen molar-refractivity contribution in [3.05, 3.63) is 65.6 Å². The van der Waals surface area contributed by atoms with E-state index in [1.165, 1.54) is 19.2 Å². The van der Waals surface area contributed by atoms with Crippen LogP contribution in [-0.2, 0) is 9.84 Å². The Labute approximate surface area is 118 Å². The van der Waals surface area contributed by atoms with Gasteiger partial charge < -0.3 is 10.5 Å². The fourth-order valence-corrected chi connectivity index (χ4v) is 2.93. The van der Waals surface area contributed by atoms with Gasteiger partial charge in [0.25, 0.3) is 0 Å². The average molecular weight is 289 g/mol. The number of para-hydroxylation sites is 1. The molecule has 5 heteroatoms. The third-order valence-electron chi connectivity index (χ3n) is 2.77. The lowest BCUT2D eigenvalue weighted by molar-refractivity contribution is 0.413. The molecule has 0 aliphatic heterocycles. The summed E-state index contributed by atoms with van der Waals surface area (Å²) in [6, 6.07) is 15.2. The summed E-state index contributed by atoms with van der Waals surface area (Å²) >= 11 is 0. The first-order valence-electron chi connectivity index (χ1n) is 5.95. The summed E-state index contributed by atoms with van der Waals surface area (Å²) < 4.78 is 29.6. The van der Waals surface area contributed by atoms with E-state index in [4.69, 9.17) is 10.5 Å². The first-order valence-corrected chi connectivity index (χ1v) is 7.50. The summed E-state index contributed by atoms with van der Waals surface area (Å²) in [5.41, 5.74) is 6.59. The number of hydrogen-bond acceptors (Lipinski definition) is 4. The number of hydrogen-bond donors (Lipinski definition) is 1. The van der Waals surface area contributed by atoms with Gasteiger partial charge in [-0.2, -0.15) is 0 Å². The van der Waals surface area contributed by atoms with Crippen LogP contribution >= 0.6 is 0 Å². The summed E-state index contributed by atoms with van der Waals surface area (Å²) in [5.74, 6) is 0.532. The maximum atomic E-state index is 12.2. The molecule has 20 heavy (non-hydrogen) atoms. The maximum absolute atomic E-state index is 12.2. The average Bonchev–Trinajstić information content (AvgIpc) is 2.47. The van der Waals surface area contributed by atoms with Gasteiger partial charge in [0, 0.05) is 5.56 Å². The van der Waals surface area contributed by atoms with Crippen LogP contribution in [-0.4, -0.2) is 15.5 Å². The Balaban J connectivity index is 2.45. The van der Waals surface area contributed by atoms with Gasteiger partial charge in [-0.15, -0.1) is 0 Å². The zero-order valence-electron chi connectivity index (χ0n) is 11.0. The third kappa shape index (κ3) is 3.00. The minimum Gasteiger partial charge on any atom is -0.496 e. The van der Waals surface area contributed by atoms with Crippen molar-refractivity contribution in [1.29, 1.82) is 0 Å². The predicted molar refractivity (Wildman–Crippen MR) is 78.8 cm³/mol. The van der Waals surface area contributed by atoms with Crippen molar-refractivity contribution >= 4 is 15.5 Å². The van der Waals surface area contributed by atoms with Crippen LogP contribution < -0.4 is 10.5 Å². The Bertz CT molecular complexity index is 722. The van der Waals surface area contributed by atoms with Gasteiger partial charge in [0.1, 0.15) is 5.75 Å². The molecule has 2 N–H and O–H groups in total. The monoisotopic (exact) mass is 289 g/mol. The van der Waals surface area contributed by atoms with Crippen LogP contribution in [0.1, 0.15) is 5.56 Å². The summed E-state index contributed by atoms with van der Waals surface area (Å²) in [6.07, 6.45) is 0. The van der Waals surface area contributed by atoms with E-state index in [9.17, 15) is 8.42 Å². The third-order valence-corrected chi connectivity index (χ3v) is 4.27. The standard InChI is InChI=1S/C15H15NO3S/c1-19-15-10-6-5-9-13(15)14(16)11-20(17,18)12-7-3-2-4-8-12/h2-11H,16H2,1H3/b14-11-. The van der Waals surface area contributed by atoms with Crippen molar-refractivity contribution < 1.29 is 13.2 Å². The smallest absolute Gasteiger partial charge is 0.201 e. The molecule has 4 nitrogen and oxygen atoms in total. The zero-order valence-corrected chi connectivity index (χ0v) is 11.8. The number of nitrogens with two attached hydrogens (primary N) is 1. The van der Waals surface area contributed by atoms with E-state index in [0.29, 0.717) is 11.3 Å². The van der Waals surface area contributed by atoms with Crippen LogP contribution in [0.25, 0.3) is 5.70 Å². The molecular weight excluding hydrogens is 274 g/mol. The van der Waals surface area contributed by atoms with Crippen molar-refractivity contribution in [2.24, 2.45) is 5.73 Å². The first kappa shape index (κ1) is 14.1. The highest BCUT2D eigenvalue weighted by Gasteiger charge is 2.13. The molecule has 0 amide bonds. The number of sulfone groups is 1. The Kier molecular flexibility index (Phi) is 4.10. The fraction of sp³-hybridized carbons (Fsp3) is 0.0667. The van der Waals surface area contributed by atoms with Gasteiger partial charge in [-0.25, -0.2) is 8.42 Å². The molecule has 0 bridgehead atoms. The van der Waals surface area contributed by atoms with Gasteiger partial charge in [0.05, 0.1) is 23.1 Å². The second-order valence-electron chi connectivity index (χ2n) is 4.13. The Morgan fingerprint density at radius 1 is 1.05 bits per heavy atom. The van der Waals surface area contributed by atoms with E-state index in [1.807, 2.05) is 0 Å². The molecule has 0 aliphatic carbocycles. The number of benzene rings is 2. The molecule has 0 fully saturated rings. The quantitative estimate of drug-likeness (QED) is 0.938. The van der Waals surface area contributed by atoms with Crippen LogP contribution in [0.5, 0.6) is 5.75 Å². The van der Waals surface area contributed by atoms with E-state index < -0.39 is 9.84 Å². The number of ether oxygens (including phenoxy) is 1. The second-order valence-corrected chi connectivity index (χ2v) is 5.93. The highest BCUT2D eigenvalue weighted by Crippen LogP contribution is 2.24. The fourth-order valence-electron chi connectivity index (χ4n) is 1.79. The highest BCUT2D eigenvalue weighted by atomic mass is 32.2. The van der Waals surface area contributed by atoms with Crippen molar-refractivity contribution in [3.8, 4) is 5.75 Å². The van der Waals surface area contributed by atoms with Gasteiger partial charge in [-0.3, -0.25) is 0 Å². The topological polar surface area (TPSA) is 69.4 Å². The van der Waals surface area contributed by atoms with Gasteiger partial charge >= 0.3 is 0 Å². The van der Waals surface area contributed by atoms with Crippen LogP contribution in [0.2, 0.25) is 0 Å². The molecule has 0 aromatic heterocycles. The lowest BCUT2D eigenvalue weighted by Gasteiger charge is -2.08. The zero-order chi connectivity index (χ0) is 14.6. The van der Waals surface area contributed by atoms with E-state index in [2.05, 4.69) is 0 Å². The lowest BCUT2D eigenvalue weighted by Crippen LogP contribution is -2.04. The van der Waals surface area contributed by atoms with Crippen molar-refractivity contribution in [3.63, 3.8) is 0 Å². The molecule has 2 aromatic carbocycles. The summed E-state index contributed by atoms with van der Waals surface area (Å²) in [7, 11) is -2.06. The molecule has 0 saturated carbocycles. The number of methoxy groups -OCH3 is 1. The van der Waals surface area contributed by atoms with Crippen LogP contribution in [0.3, 0.4) is 0 Å². The van der Waals surface area contributed by atoms with E-state index in [1.54, 1.807) is 42.5 Å². The minimum atomic E-state index is -3.58. The Morgan fingerprint density at radius 3 is 2.30 bits per heavy atom. The van der Waals surface area contributed by atoms with Gasteiger partial charge in [-0.1, -0.05) is 30.3 Å². The van der Waals surface area contributed by atoms with Gasteiger partial charge in [0.2, 0.25) is 9.84 Å². The molecule has 104 valence electrons. The normalized spacial score (nSPS) is 12.2. The summed E-state index contributed by atoms with van der Waals surface area (Å²) in [4.78, 5) is 0.206. The maximum Gasteiger partial charge on any atom is 0.201 e. The van der Waals surface area contributed by atoms with Crippen LogP contribution in [0.4, 0.5) is 0 Å². The molecule has 0 saturated heterocycles.